The van der Waals surface area contributed by atoms with Gasteiger partial charge in [0.25, 0.3) is 10.0 Å². The molecule has 1 atom stereocenters. The third-order valence-electron chi connectivity index (χ3n) is 6.98. The number of carbonyl (C=O) groups is 2. The first-order valence-electron chi connectivity index (χ1n) is 14.5. The second-order valence-electron chi connectivity index (χ2n) is 10.1. The smallest absolute Gasteiger partial charge is 0.264 e. The van der Waals surface area contributed by atoms with E-state index in [-0.39, 0.29) is 36.1 Å². The van der Waals surface area contributed by atoms with E-state index < -0.39 is 28.5 Å². The maximum Gasteiger partial charge on any atom is 0.264 e. The predicted octanol–water partition coefficient (Wildman–Crippen LogP) is 6.47. The molecule has 2 amide bonds. The molecule has 0 fully saturated rings. The standard InChI is InChI=1S/C34H35BrClN3O5S/c1-3-37-34(41)31(22-25-11-6-5-7-12-25)38(23-26-13-10-14-27(35)21-26)33(40)24-39(30-15-8-9-16-32(30)44-4-2)45(42,43)29-19-17-28(36)18-20-29/h5-21,31H,3-4,22-24H2,1-2H3,(H,37,41)/t31-/m0/s1. The van der Waals surface area contributed by atoms with Gasteiger partial charge in [-0.05, 0) is 73.5 Å². The minimum atomic E-state index is -4.30. The molecule has 0 aliphatic carbocycles. The SMILES string of the molecule is CCNC(=O)[C@H](Cc1ccccc1)N(Cc1cccc(Br)c1)C(=O)CN(c1ccccc1OCC)S(=O)(=O)c1ccc(Cl)cc1. The molecule has 8 nitrogen and oxygen atoms in total. The van der Waals surface area contributed by atoms with Gasteiger partial charge in [0.2, 0.25) is 11.8 Å². The van der Waals surface area contributed by atoms with Gasteiger partial charge in [0.15, 0.2) is 0 Å². The first-order valence-corrected chi connectivity index (χ1v) is 17.1. The van der Waals surface area contributed by atoms with Crippen LogP contribution in [0.4, 0.5) is 5.69 Å². The largest absolute Gasteiger partial charge is 0.492 e. The van der Waals surface area contributed by atoms with Crippen molar-refractivity contribution in [3.63, 3.8) is 0 Å². The summed E-state index contributed by atoms with van der Waals surface area (Å²) >= 11 is 9.56. The Balaban J connectivity index is 1.83. The summed E-state index contributed by atoms with van der Waals surface area (Å²) < 4.78 is 36.1. The van der Waals surface area contributed by atoms with E-state index in [1.807, 2.05) is 61.5 Å². The number of sulfonamides is 1. The molecule has 0 bridgehead atoms. The topological polar surface area (TPSA) is 96.0 Å². The highest BCUT2D eigenvalue weighted by molar-refractivity contribution is 9.10. The first kappa shape index (κ1) is 34.0. The highest BCUT2D eigenvalue weighted by Crippen LogP contribution is 2.33. The van der Waals surface area contributed by atoms with Crippen molar-refractivity contribution in [2.24, 2.45) is 0 Å². The quantitative estimate of drug-likeness (QED) is 0.162. The van der Waals surface area contributed by atoms with Gasteiger partial charge in [-0.25, -0.2) is 8.42 Å². The Morgan fingerprint density at radius 2 is 1.56 bits per heavy atom. The fraction of sp³-hybridized carbons (Fsp3) is 0.235. The molecule has 0 aromatic heterocycles. The summed E-state index contributed by atoms with van der Waals surface area (Å²) in [5.41, 5.74) is 1.82. The van der Waals surface area contributed by atoms with Crippen LogP contribution in [0.3, 0.4) is 0 Å². The number of ether oxygens (including phenoxy) is 1. The molecule has 0 unspecified atom stereocenters. The van der Waals surface area contributed by atoms with E-state index in [1.54, 1.807) is 31.2 Å². The summed E-state index contributed by atoms with van der Waals surface area (Å²) in [5.74, 6) is -0.606. The lowest BCUT2D eigenvalue weighted by Gasteiger charge is -2.34. The second kappa shape index (κ2) is 15.9. The number of amides is 2. The molecule has 4 aromatic rings. The van der Waals surface area contributed by atoms with Crippen molar-refractivity contribution in [3.05, 3.63) is 124 Å². The van der Waals surface area contributed by atoms with Gasteiger partial charge >= 0.3 is 0 Å². The predicted molar refractivity (Wildman–Crippen MR) is 181 cm³/mol. The van der Waals surface area contributed by atoms with E-state index in [0.717, 1.165) is 19.9 Å². The Hall–Kier alpha value is -3.86. The van der Waals surface area contributed by atoms with Gasteiger partial charge in [0, 0.05) is 29.0 Å². The van der Waals surface area contributed by atoms with Crippen LogP contribution in [-0.4, -0.2) is 50.9 Å². The lowest BCUT2D eigenvalue weighted by atomic mass is 10.0. The Bertz CT molecular complexity index is 1700. The summed E-state index contributed by atoms with van der Waals surface area (Å²) in [6.45, 7) is 3.72. The molecular weight excluding hydrogens is 678 g/mol. The second-order valence-corrected chi connectivity index (χ2v) is 13.3. The van der Waals surface area contributed by atoms with E-state index in [1.165, 1.54) is 29.2 Å². The summed E-state index contributed by atoms with van der Waals surface area (Å²) in [4.78, 5) is 29.5. The third kappa shape index (κ3) is 8.87. The summed E-state index contributed by atoms with van der Waals surface area (Å²) in [6.07, 6.45) is 0.228. The molecule has 4 rings (SSSR count). The fourth-order valence-corrected chi connectivity index (χ4v) is 6.86. The van der Waals surface area contributed by atoms with Crippen molar-refractivity contribution in [1.29, 1.82) is 0 Å². The number of hydrogen-bond acceptors (Lipinski definition) is 5. The molecule has 0 aliphatic rings. The molecule has 0 heterocycles. The number of halogens is 2. The van der Waals surface area contributed by atoms with Crippen LogP contribution in [-0.2, 0) is 32.6 Å². The maximum absolute atomic E-state index is 14.5. The van der Waals surface area contributed by atoms with Crippen molar-refractivity contribution in [1.82, 2.24) is 10.2 Å². The van der Waals surface area contributed by atoms with Gasteiger partial charge in [0.05, 0.1) is 17.2 Å². The lowest BCUT2D eigenvalue weighted by Crippen LogP contribution is -2.53. The van der Waals surface area contributed by atoms with Gasteiger partial charge in [-0.15, -0.1) is 0 Å². The minimum Gasteiger partial charge on any atom is -0.492 e. The number of nitrogens with one attached hydrogen (secondary N) is 1. The van der Waals surface area contributed by atoms with E-state index in [9.17, 15) is 18.0 Å². The zero-order chi connectivity index (χ0) is 32.4. The monoisotopic (exact) mass is 711 g/mol. The molecule has 4 aromatic carbocycles. The van der Waals surface area contributed by atoms with Crippen LogP contribution in [0, 0.1) is 0 Å². The van der Waals surface area contributed by atoms with E-state index in [4.69, 9.17) is 16.3 Å². The highest BCUT2D eigenvalue weighted by Gasteiger charge is 2.35. The summed E-state index contributed by atoms with van der Waals surface area (Å²) in [6, 6.07) is 28.3. The zero-order valence-electron chi connectivity index (χ0n) is 25.0. The number of para-hydroxylation sites is 2. The number of likely N-dealkylation sites (N-methyl/N-ethyl adjacent to an activating group) is 1. The third-order valence-corrected chi connectivity index (χ3v) is 9.50. The Kier molecular flexibility index (Phi) is 12.0. The molecule has 0 spiro atoms. The highest BCUT2D eigenvalue weighted by atomic mass is 79.9. The molecule has 0 saturated heterocycles. The van der Waals surface area contributed by atoms with Crippen molar-refractivity contribution in [2.45, 2.75) is 37.8 Å². The number of anilines is 1. The molecule has 1 N–H and O–H groups in total. The number of carbonyl (C=O) groups excluding carboxylic acids is 2. The number of benzene rings is 4. The number of rotatable bonds is 14. The van der Waals surface area contributed by atoms with Gasteiger partial charge < -0.3 is 15.0 Å². The van der Waals surface area contributed by atoms with Crippen LogP contribution in [0.1, 0.15) is 25.0 Å². The first-order chi connectivity index (χ1) is 21.6. The van der Waals surface area contributed by atoms with Gasteiger partial charge in [-0.1, -0.05) is 82.1 Å². The van der Waals surface area contributed by atoms with Crippen LogP contribution in [0.25, 0.3) is 0 Å². The van der Waals surface area contributed by atoms with Crippen molar-refractivity contribution < 1.29 is 22.7 Å². The van der Waals surface area contributed by atoms with Crippen LogP contribution in [0.2, 0.25) is 5.02 Å². The minimum absolute atomic E-state index is 0.0471. The Morgan fingerprint density at radius 3 is 2.22 bits per heavy atom. The lowest BCUT2D eigenvalue weighted by molar-refractivity contribution is -0.140. The van der Waals surface area contributed by atoms with Crippen LogP contribution < -0.4 is 14.4 Å². The van der Waals surface area contributed by atoms with Crippen molar-refractivity contribution in [2.75, 3.05) is 24.0 Å². The molecule has 236 valence electrons. The Labute approximate surface area is 278 Å². The van der Waals surface area contributed by atoms with Gasteiger partial charge in [0.1, 0.15) is 18.3 Å². The molecule has 11 heteroatoms. The molecule has 0 aliphatic heterocycles. The number of nitrogens with zero attached hydrogens (tertiary/aromatic N) is 2. The van der Waals surface area contributed by atoms with Gasteiger partial charge in [-0.3, -0.25) is 13.9 Å². The Morgan fingerprint density at radius 1 is 0.889 bits per heavy atom. The van der Waals surface area contributed by atoms with Crippen molar-refractivity contribution >= 4 is 55.1 Å². The molecule has 0 radical (unpaired) electrons. The molecule has 45 heavy (non-hydrogen) atoms. The van der Waals surface area contributed by atoms with Crippen LogP contribution in [0.15, 0.2) is 112 Å². The van der Waals surface area contributed by atoms with Crippen molar-refractivity contribution in [3.8, 4) is 5.75 Å². The molecular formula is C34H35BrClN3O5S. The average Bonchev–Trinajstić information content (AvgIpc) is 3.03. The van der Waals surface area contributed by atoms with Crippen LogP contribution in [0.5, 0.6) is 5.75 Å². The van der Waals surface area contributed by atoms with Gasteiger partial charge in [-0.2, -0.15) is 0 Å². The van der Waals surface area contributed by atoms with E-state index in [2.05, 4.69) is 21.2 Å². The van der Waals surface area contributed by atoms with E-state index >= 15 is 0 Å². The van der Waals surface area contributed by atoms with E-state index in [0.29, 0.717) is 17.3 Å². The normalized spacial score (nSPS) is 11.8. The molecule has 0 saturated carbocycles. The average molecular weight is 713 g/mol. The fourth-order valence-electron chi connectivity index (χ4n) is 4.87. The zero-order valence-corrected chi connectivity index (χ0v) is 28.2. The van der Waals surface area contributed by atoms with Crippen LogP contribution >= 0.6 is 27.5 Å². The summed E-state index contributed by atoms with van der Waals surface area (Å²) in [7, 11) is -4.30. The maximum atomic E-state index is 14.5. The number of hydrogen-bond donors (Lipinski definition) is 1. The summed E-state index contributed by atoms with van der Waals surface area (Å²) in [5, 5.41) is 3.24.